The molecule has 0 aromatic carbocycles. The molecule has 0 aliphatic rings. The number of nitrogens with zero attached hydrogens (tertiary/aromatic N) is 2. The molecule has 0 radical (unpaired) electrons. The Balaban J connectivity index is 3.00. The van der Waals surface area contributed by atoms with Crippen molar-refractivity contribution in [3.63, 3.8) is 0 Å². The van der Waals surface area contributed by atoms with Crippen molar-refractivity contribution in [1.29, 1.82) is 0 Å². The third kappa shape index (κ3) is 1.55. The first kappa shape index (κ1) is 7.23. The quantitative estimate of drug-likeness (QED) is 0.599. The molecule has 0 saturated carbocycles. The average Bonchev–Trinajstić information content (AvgIpc) is 1.88. The molecule has 0 bridgehead atoms. The molecule has 1 N–H and O–H groups in total. The lowest BCUT2D eigenvalue weighted by molar-refractivity contribution is 0.537. The molecule has 6 heteroatoms. The Morgan fingerprint density at radius 2 is 2.20 bits per heavy atom. The summed E-state index contributed by atoms with van der Waals surface area (Å²) in [4.78, 5) is 0. The Morgan fingerprint density at radius 3 is 2.60 bits per heavy atom. The normalized spacial score (nSPS) is 13.0. The van der Waals surface area contributed by atoms with Crippen molar-refractivity contribution in [2.45, 2.75) is 5.03 Å². The molecule has 1 aromatic rings. The predicted octanol–water partition coefficient (Wildman–Crippen LogP) is 0.196. The van der Waals surface area contributed by atoms with Crippen LogP contribution in [0.25, 0.3) is 0 Å². The second-order valence-corrected chi connectivity index (χ2v) is 2.36. The van der Waals surface area contributed by atoms with Crippen molar-refractivity contribution in [2.75, 3.05) is 0 Å². The topological polar surface area (TPSA) is 63.1 Å². The van der Waals surface area contributed by atoms with Gasteiger partial charge in [0.2, 0.25) is 17.0 Å². The van der Waals surface area contributed by atoms with E-state index in [0.717, 1.165) is 12.1 Å². The molecule has 54 valence electrons. The Morgan fingerprint density at radius 1 is 1.50 bits per heavy atom. The van der Waals surface area contributed by atoms with Crippen LogP contribution in [-0.2, 0) is 11.1 Å². The minimum absolute atomic E-state index is 0.151. The summed E-state index contributed by atoms with van der Waals surface area (Å²) in [6.45, 7) is 0. The molecule has 10 heavy (non-hydrogen) atoms. The summed E-state index contributed by atoms with van der Waals surface area (Å²) < 4.78 is 30.6. The summed E-state index contributed by atoms with van der Waals surface area (Å²) in [6.07, 6.45) is 0. The number of rotatable bonds is 1. The van der Waals surface area contributed by atoms with Crippen LogP contribution >= 0.6 is 0 Å². The first-order chi connectivity index (χ1) is 4.70. The Labute approximate surface area is 58.4 Å². The van der Waals surface area contributed by atoms with Gasteiger partial charge in [-0.3, -0.25) is 0 Å². The van der Waals surface area contributed by atoms with Crippen LogP contribution in [0.1, 0.15) is 0 Å². The van der Waals surface area contributed by atoms with E-state index in [1.165, 1.54) is 0 Å². The second kappa shape index (κ2) is 2.80. The van der Waals surface area contributed by atoms with E-state index in [4.69, 9.17) is 4.55 Å². The van der Waals surface area contributed by atoms with E-state index in [-0.39, 0.29) is 5.03 Å². The molecule has 0 amide bonds. The summed E-state index contributed by atoms with van der Waals surface area (Å²) in [5.74, 6) is -0.769. The third-order valence-corrected chi connectivity index (χ3v) is 1.36. The zero-order chi connectivity index (χ0) is 7.56. The smallest absolute Gasteiger partial charge is 0.233 e. The van der Waals surface area contributed by atoms with Gasteiger partial charge in [0.15, 0.2) is 5.03 Å². The molecular weight excluding hydrogens is 159 g/mol. The van der Waals surface area contributed by atoms with Crippen LogP contribution < -0.4 is 0 Å². The summed E-state index contributed by atoms with van der Waals surface area (Å²) >= 11 is -2.18. The monoisotopic (exact) mass is 162 g/mol. The fourth-order valence-corrected chi connectivity index (χ4v) is 0.692. The predicted molar refractivity (Wildman–Crippen MR) is 31.0 cm³/mol. The van der Waals surface area contributed by atoms with Gasteiger partial charge in [-0.1, -0.05) is 0 Å². The van der Waals surface area contributed by atoms with Crippen molar-refractivity contribution in [2.24, 2.45) is 0 Å². The van der Waals surface area contributed by atoms with Crippen molar-refractivity contribution in [3.8, 4) is 0 Å². The van der Waals surface area contributed by atoms with E-state index in [1.54, 1.807) is 0 Å². The molecule has 1 aromatic heterocycles. The summed E-state index contributed by atoms with van der Waals surface area (Å²) in [6, 6.07) is 2.06. The third-order valence-electron chi connectivity index (χ3n) is 0.786. The molecule has 1 atom stereocenters. The largest absolute Gasteiger partial charge is 0.301 e. The maximum Gasteiger partial charge on any atom is 0.233 e. The number of halogens is 1. The van der Waals surface area contributed by atoms with Gasteiger partial charge in [-0.05, 0) is 12.1 Å². The Kier molecular flexibility index (Phi) is 2.03. The van der Waals surface area contributed by atoms with Crippen LogP contribution in [0.2, 0.25) is 0 Å². The molecule has 0 spiro atoms. The standard InChI is InChI=1S/C4H3FN2O2S/c5-3-1-2-4(7-6-3)10(8)9/h1-2H,(H,8,9). The van der Waals surface area contributed by atoms with Gasteiger partial charge in [-0.25, -0.2) is 4.21 Å². The lowest BCUT2D eigenvalue weighted by Gasteiger charge is -1.89. The van der Waals surface area contributed by atoms with Gasteiger partial charge in [-0.15, -0.1) is 10.2 Å². The second-order valence-electron chi connectivity index (χ2n) is 1.44. The van der Waals surface area contributed by atoms with Gasteiger partial charge in [0, 0.05) is 0 Å². The SMILES string of the molecule is O=S(O)c1ccc(F)nn1. The first-order valence-corrected chi connectivity index (χ1v) is 3.41. The molecule has 1 rings (SSSR count). The van der Waals surface area contributed by atoms with Gasteiger partial charge in [-0.2, -0.15) is 4.39 Å². The highest BCUT2D eigenvalue weighted by Crippen LogP contribution is 1.97. The van der Waals surface area contributed by atoms with Crippen LogP contribution in [0.15, 0.2) is 17.2 Å². The van der Waals surface area contributed by atoms with Crippen molar-refractivity contribution in [1.82, 2.24) is 10.2 Å². The highest BCUT2D eigenvalue weighted by Gasteiger charge is 2.00. The molecule has 1 heterocycles. The van der Waals surface area contributed by atoms with Crippen LogP contribution in [-0.4, -0.2) is 19.0 Å². The molecule has 4 nitrogen and oxygen atoms in total. The van der Waals surface area contributed by atoms with Crippen molar-refractivity contribution >= 4 is 11.1 Å². The summed E-state index contributed by atoms with van der Waals surface area (Å²) in [5.41, 5.74) is 0. The van der Waals surface area contributed by atoms with E-state index < -0.39 is 17.0 Å². The molecule has 0 saturated heterocycles. The molecule has 1 unspecified atom stereocenters. The lowest BCUT2D eigenvalue weighted by Crippen LogP contribution is -1.96. The lowest BCUT2D eigenvalue weighted by atomic mass is 10.6. The van der Waals surface area contributed by atoms with E-state index >= 15 is 0 Å². The van der Waals surface area contributed by atoms with Gasteiger partial charge >= 0.3 is 0 Å². The molecule has 0 fully saturated rings. The Bertz CT molecular complexity index is 250. The zero-order valence-corrected chi connectivity index (χ0v) is 5.51. The maximum absolute atomic E-state index is 12.0. The zero-order valence-electron chi connectivity index (χ0n) is 4.69. The molecular formula is C4H3FN2O2S. The van der Waals surface area contributed by atoms with E-state index in [2.05, 4.69) is 10.2 Å². The minimum Gasteiger partial charge on any atom is -0.301 e. The van der Waals surface area contributed by atoms with Crippen LogP contribution in [0.4, 0.5) is 4.39 Å². The highest BCUT2D eigenvalue weighted by atomic mass is 32.2. The fourth-order valence-electron chi connectivity index (χ4n) is 0.397. The number of aromatic nitrogens is 2. The molecule has 0 aliphatic heterocycles. The van der Waals surface area contributed by atoms with Crippen LogP contribution in [0.3, 0.4) is 0 Å². The van der Waals surface area contributed by atoms with E-state index in [9.17, 15) is 8.60 Å². The maximum atomic E-state index is 12.0. The summed E-state index contributed by atoms with van der Waals surface area (Å²) in [7, 11) is 0. The van der Waals surface area contributed by atoms with Gasteiger partial charge < -0.3 is 4.55 Å². The van der Waals surface area contributed by atoms with E-state index in [0.29, 0.717) is 0 Å². The Hall–Kier alpha value is -0.880. The van der Waals surface area contributed by atoms with Crippen molar-refractivity contribution < 1.29 is 13.2 Å². The van der Waals surface area contributed by atoms with Gasteiger partial charge in [0.05, 0.1) is 0 Å². The number of hydrogen-bond acceptors (Lipinski definition) is 3. The minimum atomic E-state index is -2.18. The highest BCUT2D eigenvalue weighted by molar-refractivity contribution is 7.79. The van der Waals surface area contributed by atoms with Gasteiger partial charge in [0.1, 0.15) is 0 Å². The van der Waals surface area contributed by atoms with Crippen molar-refractivity contribution in [3.05, 3.63) is 18.1 Å². The fraction of sp³-hybridized carbons (Fsp3) is 0. The number of hydrogen-bond donors (Lipinski definition) is 1. The van der Waals surface area contributed by atoms with Gasteiger partial charge in [0.25, 0.3) is 0 Å². The van der Waals surface area contributed by atoms with Crippen LogP contribution in [0.5, 0.6) is 0 Å². The first-order valence-electron chi connectivity index (χ1n) is 2.30. The average molecular weight is 162 g/mol. The van der Waals surface area contributed by atoms with E-state index in [1.807, 2.05) is 0 Å². The molecule has 0 aliphatic carbocycles. The van der Waals surface area contributed by atoms with Crippen LogP contribution in [0, 0.1) is 5.95 Å². The summed E-state index contributed by atoms with van der Waals surface area (Å²) in [5, 5.41) is 5.88.